The van der Waals surface area contributed by atoms with Gasteiger partial charge in [0.15, 0.2) is 25.1 Å². The van der Waals surface area contributed by atoms with E-state index in [1.165, 1.54) is 0 Å². The molecule has 0 aliphatic carbocycles. The predicted octanol–water partition coefficient (Wildman–Crippen LogP) is 2.55. The number of halogens is 1. The Hall–Kier alpha value is -2.80. The van der Waals surface area contributed by atoms with E-state index in [2.05, 4.69) is 32.1 Å². The van der Waals surface area contributed by atoms with E-state index in [1.54, 1.807) is 36.5 Å². The van der Waals surface area contributed by atoms with Gasteiger partial charge in [-0.1, -0.05) is 6.07 Å². The second-order valence-corrected chi connectivity index (χ2v) is 6.44. The van der Waals surface area contributed by atoms with E-state index in [-0.39, 0.29) is 5.69 Å². The molecule has 0 radical (unpaired) electrons. The first-order valence-corrected chi connectivity index (χ1v) is 8.58. The van der Waals surface area contributed by atoms with Crippen LogP contribution < -0.4 is 10.6 Å². The molecule has 1 aliphatic heterocycles. The van der Waals surface area contributed by atoms with E-state index in [1.807, 2.05) is 13.1 Å². The van der Waals surface area contributed by atoms with Gasteiger partial charge in [-0.05, 0) is 38.2 Å². The fourth-order valence-electron chi connectivity index (χ4n) is 2.72. The molecule has 0 saturated carbocycles. The van der Waals surface area contributed by atoms with Gasteiger partial charge in [-0.3, -0.25) is 9.88 Å². The van der Waals surface area contributed by atoms with Crippen LogP contribution in [0.5, 0.6) is 0 Å². The average Bonchev–Trinajstić information content (AvgIpc) is 2.62. The molecule has 0 bridgehead atoms. The number of carbonyl (C=O) groups is 1. The number of anilines is 2. The number of benzene rings is 1. The Morgan fingerprint density at radius 1 is 1.23 bits per heavy atom. The third-order valence-electron chi connectivity index (χ3n) is 4.31. The smallest absolute Gasteiger partial charge is 0.306 e. The normalized spacial score (nSPS) is 14.8. The molecule has 1 fully saturated rings. The monoisotopic (exact) mass is 356 g/mol. The number of likely N-dealkylation sites (N-methyl/N-ethyl adjacent to an activating group) is 1. The van der Waals surface area contributed by atoms with Gasteiger partial charge < -0.3 is 10.6 Å². The summed E-state index contributed by atoms with van der Waals surface area (Å²) in [6.45, 7) is 5.47. The molecule has 0 unspecified atom stereocenters. The molecule has 1 aromatic heterocycles. The highest BCUT2D eigenvalue weighted by molar-refractivity contribution is 6.00. The summed E-state index contributed by atoms with van der Waals surface area (Å²) in [5.74, 6) is -0.441. The summed E-state index contributed by atoms with van der Waals surface area (Å²) in [6.07, 6.45) is 3.37. The summed E-state index contributed by atoms with van der Waals surface area (Å²) in [5, 5.41) is 5.20. The van der Waals surface area contributed by atoms with Crippen molar-refractivity contribution in [3.63, 3.8) is 0 Å². The lowest BCUT2D eigenvalue weighted by Crippen LogP contribution is -2.40. The number of nitrogens with one attached hydrogen (secondary N) is 2. The first-order valence-electron chi connectivity index (χ1n) is 8.58. The number of hydrogen-bond acceptors (Lipinski definition) is 3. The minimum Gasteiger partial charge on any atom is -0.306 e. The van der Waals surface area contributed by atoms with Crippen LogP contribution in [0, 0.1) is 12.7 Å². The van der Waals surface area contributed by atoms with Gasteiger partial charge in [-0.2, -0.15) is 0 Å². The number of carbonyl (C=O) groups excluding carboxylic acids is 1. The van der Waals surface area contributed by atoms with Crippen molar-refractivity contribution in [1.29, 1.82) is 0 Å². The maximum atomic E-state index is 14.7. The molecule has 7 heteroatoms. The van der Waals surface area contributed by atoms with E-state index >= 15 is 0 Å². The molecule has 0 atom stereocenters. The topological polar surface area (TPSA) is 60.3 Å². The highest BCUT2D eigenvalue weighted by Crippen LogP contribution is 2.17. The van der Waals surface area contributed by atoms with E-state index < -0.39 is 11.8 Å². The van der Waals surface area contributed by atoms with Gasteiger partial charge in [0, 0.05) is 5.69 Å². The van der Waals surface area contributed by atoms with Crippen LogP contribution in [0.15, 0.2) is 36.5 Å². The summed E-state index contributed by atoms with van der Waals surface area (Å²) >= 11 is 0. The molecular formula is C19H23FN5O+. The highest BCUT2D eigenvalue weighted by atomic mass is 19.1. The molecule has 26 heavy (non-hydrogen) atoms. The SMILES string of the molecule is Cc1ccc(NC(=O)Nc2cccc(C=[N+]3CCN(C)CC3)c2F)cn1. The predicted molar refractivity (Wildman–Crippen MR) is 101 cm³/mol. The summed E-state index contributed by atoms with van der Waals surface area (Å²) in [4.78, 5) is 18.5. The first-order chi connectivity index (χ1) is 12.5. The number of pyridine rings is 1. The number of amides is 2. The highest BCUT2D eigenvalue weighted by Gasteiger charge is 2.17. The van der Waals surface area contributed by atoms with Gasteiger partial charge in [0.25, 0.3) is 0 Å². The van der Waals surface area contributed by atoms with Crippen molar-refractivity contribution >= 4 is 23.6 Å². The Kier molecular flexibility index (Phi) is 5.58. The lowest BCUT2D eigenvalue weighted by atomic mass is 10.2. The number of aryl methyl sites for hydroxylation is 1. The van der Waals surface area contributed by atoms with Gasteiger partial charge in [0.05, 0.1) is 36.2 Å². The number of nitrogens with zero attached hydrogens (tertiary/aromatic N) is 3. The molecule has 1 saturated heterocycles. The average molecular weight is 356 g/mol. The standard InChI is InChI=1S/C19H22FN5O/c1-14-6-7-16(12-21-14)22-19(26)23-17-5-3-4-15(18(17)20)13-25-10-8-24(2)9-11-25/h3-7,12-13H,8-11H2,1-2H3,(H-,22,23,26)/p+1. The van der Waals surface area contributed by atoms with Gasteiger partial charge in [-0.15, -0.1) is 0 Å². The van der Waals surface area contributed by atoms with Gasteiger partial charge in [0.2, 0.25) is 0 Å². The van der Waals surface area contributed by atoms with Crippen molar-refractivity contribution in [2.45, 2.75) is 6.92 Å². The van der Waals surface area contributed by atoms with Crippen LogP contribution in [0.25, 0.3) is 0 Å². The van der Waals surface area contributed by atoms with Crippen LogP contribution in [0.2, 0.25) is 0 Å². The van der Waals surface area contributed by atoms with E-state index in [0.29, 0.717) is 11.3 Å². The molecule has 1 aromatic carbocycles. The fraction of sp³-hybridized carbons (Fsp3) is 0.316. The second-order valence-electron chi connectivity index (χ2n) is 6.44. The lowest BCUT2D eigenvalue weighted by molar-refractivity contribution is -0.534. The van der Waals surface area contributed by atoms with E-state index in [9.17, 15) is 9.18 Å². The van der Waals surface area contributed by atoms with Crippen LogP contribution in [0.3, 0.4) is 0 Å². The maximum absolute atomic E-state index is 14.7. The van der Waals surface area contributed by atoms with E-state index in [0.717, 1.165) is 31.9 Å². The van der Waals surface area contributed by atoms with Crippen molar-refractivity contribution in [1.82, 2.24) is 9.88 Å². The second kappa shape index (κ2) is 8.05. The zero-order chi connectivity index (χ0) is 18.5. The molecule has 136 valence electrons. The van der Waals surface area contributed by atoms with Gasteiger partial charge in [-0.25, -0.2) is 13.8 Å². The summed E-state index contributed by atoms with van der Waals surface area (Å²) in [7, 11) is 2.07. The zero-order valence-electron chi connectivity index (χ0n) is 15.0. The van der Waals surface area contributed by atoms with Crippen molar-refractivity contribution in [2.75, 3.05) is 43.9 Å². The minimum absolute atomic E-state index is 0.144. The first kappa shape index (κ1) is 18.0. The lowest BCUT2D eigenvalue weighted by Gasteiger charge is -2.20. The summed E-state index contributed by atoms with van der Waals surface area (Å²) in [5.41, 5.74) is 2.01. The molecule has 2 aromatic rings. The quantitative estimate of drug-likeness (QED) is 0.831. The Balaban J connectivity index is 1.69. The number of hydrogen-bond donors (Lipinski definition) is 2. The maximum Gasteiger partial charge on any atom is 0.323 e. The molecule has 2 heterocycles. The van der Waals surface area contributed by atoms with Crippen molar-refractivity contribution in [3.05, 3.63) is 53.6 Å². The summed E-state index contributed by atoms with van der Waals surface area (Å²) in [6, 6.07) is 8.02. The van der Waals surface area contributed by atoms with Crippen molar-refractivity contribution < 1.29 is 13.8 Å². The molecule has 0 spiro atoms. The Morgan fingerprint density at radius 3 is 2.69 bits per heavy atom. The fourth-order valence-corrected chi connectivity index (χ4v) is 2.72. The van der Waals surface area contributed by atoms with Crippen molar-refractivity contribution in [2.24, 2.45) is 0 Å². The molecule has 1 aliphatic rings. The van der Waals surface area contributed by atoms with Crippen LogP contribution in [0.4, 0.5) is 20.6 Å². The number of aromatic nitrogens is 1. The number of urea groups is 1. The Bertz CT molecular complexity index is 809. The largest absolute Gasteiger partial charge is 0.323 e. The van der Waals surface area contributed by atoms with E-state index in [4.69, 9.17) is 0 Å². The molecule has 3 rings (SSSR count). The minimum atomic E-state index is -0.508. The molecular weight excluding hydrogens is 333 g/mol. The molecule has 2 N–H and O–H groups in total. The number of piperazine rings is 1. The summed E-state index contributed by atoms with van der Waals surface area (Å²) < 4.78 is 16.8. The third-order valence-corrected chi connectivity index (χ3v) is 4.31. The van der Waals surface area contributed by atoms with Crippen LogP contribution in [-0.4, -0.2) is 59.9 Å². The Morgan fingerprint density at radius 2 is 2.00 bits per heavy atom. The van der Waals surface area contributed by atoms with Gasteiger partial charge >= 0.3 is 6.03 Å². The van der Waals surface area contributed by atoms with Crippen LogP contribution in [-0.2, 0) is 0 Å². The third kappa shape index (κ3) is 4.64. The molecule has 6 nitrogen and oxygen atoms in total. The van der Waals surface area contributed by atoms with Gasteiger partial charge in [0.1, 0.15) is 0 Å². The van der Waals surface area contributed by atoms with Crippen LogP contribution in [0.1, 0.15) is 11.3 Å². The molecule has 2 amide bonds. The zero-order valence-corrected chi connectivity index (χ0v) is 15.0. The van der Waals surface area contributed by atoms with Crippen molar-refractivity contribution in [3.8, 4) is 0 Å². The van der Waals surface area contributed by atoms with Crippen LogP contribution >= 0.6 is 0 Å². The number of rotatable bonds is 3. The Labute approximate surface area is 152 Å².